The number of hydrogen-bond acceptors (Lipinski definition) is 6. The molecular formula is C10H12N4S2. The summed E-state index contributed by atoms with van der Waals surface area (Å²) >= 11 is 3.13. The van der Waals surface area contributed by atoms with Crippen LogP contribution in [0, 0.1) is 13.8 Å². The average molecular weight is 252 g/mol. The highest BCUT2D eigenvalue weighted by Gasteiger charge is 2.06. The maximum Gasteiger partial charge on any atom is 0.180 e. The zero-order valence-electron chi connectivity index (χ0n) is 9.39. The second kappa shape index (κ2) is 4.88. The standard InChI is InChI=1S/C10H12N4S2/c1-4-8-11-6(2)5-9(12-8)16-10-14-13-7(3)15-10/h5H,4H2,1-3H3. The molecule has 0 radical (unpaired) electrons. The molecular weight excluding hydrogens is 240 g/mol. The van der Waals surface area contributed by atoms with Gasteiger partial charge in [0.2, 0.25) is 0 Å². The fourth-order valence-electron chi connectivity index (χ4n) is 1.22. The smallest absolute Gasteiger partial charge is 0.180 e. The third-order valence-corrected chi connectivity index (χ3v) is 3.70. The van der Waals surface area contributed by atoms with Gasteiger partial charge >= 0.3 is 0 Å². The molecule has 2 aromatic heterocycles. The summed E-state index contributed by atoms with van der Waals surface area (Å²) in [7, 11) is 0. The van der Waals surface area contributed by atoms with Gasteiger partial charge in [0.25, 0.3) is 0 Å². The molecule has 2 aromatic rings. The molecule has 6 heteroatoms. The normalized spacial score (nSPS) is 10.7. The van der Waals surface area contributed by atoms with E-state index < -0.39 is 0 Å². The minimum Gasteiger partial charge on any atom is -0.238 e. The van der Waals surface area contributed by atoms with Crippen molar-refractivity contribution < 1.29 is 0 Å². The van der Waals surface area contributed by atoms with E-state index in [-0.39, 0.29) is 0 Å². The van der Waals surface area contributed by atoms with Gasteiger partial charge in [-0.1, -0.05) is 18.3 Å². The lowest BCUT2D eigenvalue weighted by Gasteiger charge is -2.01. The molecule has 0 fully saturated rings. The number of nitrogens with zero attached hydrogens (tertiary/aromatic N) is 4. The largest absolute Gasteiger partial charge is 0.238 e. The lowest BCUT2D eigenvalue weighted by molar-refractivity contribution is 0.867. The summed E-state index contributed by atoms with van der Waals surface area (Å²) in [5.74, 6) is 0.878. The Labute approximate surface area is 103 Å². The van der Waals surface area contributed by atoms with E-state index in [4.69, 9.17) is 0 Å². The van der Waals surface area contributed by atoms with E-state index in [2.05, 4.69) is 27.1 Å². The van der Waals surface area contributed by atoms with Gasteiger partial charge in [-0.15, -0.1) is 10.2 Å². The first-order valence-corrected chi connectivity index (χ1v) is 6.63. The topological polar surface area (TPSA) is 51.6 Å². The molecule has 0 saturated heterocycles. The summed E-state index contributed by atoms with van der Waals surface area (Å²) in [6, 6.07) is 1.97. The second-order valence-corrected chi connectivity index (χ2v) is 5.76. The Morgan fingerprint density at radius 1 is 1.25 bits per heavy atom. The zero-order valence-corrected chi connectivity index (χ0v) is 11.0. The first kappa shape index (κ1) is 11.5. The highest BCUT2D eigenvalue weighted by molar-refractivity contribution is 8.01. The van der Waals surface area contributed by atoms with Gasteiger partial charge < -0.3 is 0 Å². The molecule has 0 bridgehead atoms. The SMILES string of the molecule is CCc1nc(C)cc(Sc2nnc(C)s2)n1. The van der Waals surface area contributed by atoms with Crippen LogP contribution in [-0.2, 0) is 6.42 Å². The Bertz CT molecular complexity index is 495. The van der Waals surface area contributed by atoms with E-state index in [0.717, 1.165) is 32.3 Å². The molecule has 0 aliphatic heterocycles. The fourth-order valence-corrected chi connectivity index (χ4v) is 3.06. The zero-order chi connectivity index (χ0) is 11.5. The van der Waals surface area contributed by atoms with Crippen molar-refractivity contribution in [3.8, 4) is 0 Å². The molecule has 4 nitrogen and oxygen atoms in total. The van der Waals surface area contributed by atoms with Crippen molar-refractivity contribution in [2.45, 2.75) is 36.6 Å². The number of hydrogen-bond donors (Lipinski definition) is 0. The van der Waals surface area contributed by atoms with Crippen molar-refractivity contribution in [2.24, 2.45) is 0 Å². The Hall–Kier alpha value is -1.01. The van der Waals surface area contributed by atoms with Crippen molar-refractivity contribution >= 4 is 23.1 Å². The van der Waals surface area contributed by atoms with Crippen LogP contribution in [0.4, 0.5) is 0 Å². The number of aromatic nitrogens is 4. The third-order valence-electron chi connectivity index (χ3n) is 1.89. The molecule has 0 atom stereocenters. The van der Waals surface area contributed by atoms with E-state index in [1.165, 1.54) is 0 Å². The minimum atomic E-state index is 0.852. The van der Waals surface area contributed by atoms with E-state index in [1.807, 2.05) is 19.9 Å². The lowest BCUT2D eigenvalue weighted by atomic mass is 10.4. The van der Waals surface area contributed by atoms with Gasteiger partial charge in [-0.25, -0.2) is 9.97 Å². The quantitative estimate of drug-likeness (QED) is 0.786. The number of aryl methyl sites for hydroxylation is 3. The molecule has 0 spiro atoms. The third kappa shape index (κ3) is 2.76. The monoisotopic (exact) mass is 252 g/mol. The van der Waals surface area contributed by atoms with Gasteiger partial charge in [0.15, 0.2) is 4.34 Å². The number of rotatable bonds is 3. The van der Waals surface area contributed by atoms with Crippen LogP contribution in [0.1, 0.15) is 23.4 Å². The molecule has 2 heterocycles. The minimum absolute atomic E-state index is 0.852. The first-order valence-electron chi connectivity index (χ1n) is 5.00. The van der Waals surface area contributed by atoms with Crippen LogP contribution < -0.4 is 0 Å². The van der Waals surface area contributed by atoms with Crippen LogP contribution in [0.3, 0.4) is 0 Å². The van der Waals surface area contributed by atoms with Gasteiger partial charge in [-0.3, -0.25) is 0 Å². The van der Waals surface area contributed by atoms with E-state index in [0.29, 0.717) is 0 Å². The Balaban J connectivity index is 2.24. The van der Waals surface area contributed by atoms with Crippen LogP contribution in [0.5, 0.6) is 0 Å². The van der Waals surface area contributed by atoms with Crippen molar-refractivity contribution in [3.63, 3.8) is 0 Å². The van der Waals surface area contributed by atoms with E-state index in [9.17, 15) is 0 Å². The molecule has 0 unspecified atom stereocenters. The van der Waals surface area contributed by atoms with Crippen molar-refractivity contribution in [1.29, 1.82) is 0 Å². The van der Waals surface area contributed by atoms with Gasteiger partial charge in [0.1, 0.15) is 15.9 Å². The predicted molar refractivity (Wildman–Crippen MR) is 64.9 cm³/mol. The highest BCUT2D eigenvalue weighted by Crippen LogP contribution is 2.28. The van der Waals surface area contributed by atoms with E-state index >= 15 is 0 Å². The van der Waals surface area contributed by atoms with Crippen LogP contribution in [0.2, 0.25) is 0 Å². The molecule has 0 aliphatic carbocycles. The second-order valence-electron chi connectivity index (χ2n) is 3.31. The van der Waals surface area contributed by atoms with Gasteiger partial charge in [-0.2, -0.15) is 0 Å². The predicted octanol–water partition coefficient (Wildman–Crippen LogP) is 2.66. The molecule has 0 N–H and O–H groups in total. The summed E-state index contributed by atoms with van der Waals surface area (Å²) in [6.45, 7) is 5.99. The van der Waals surface area contributed by atoms with Crippen LogP contribution in [0.25, 0.3) is 0 Å². The van der Waals surface area contributed by atoms with Crippen LogP contribution >= 0.6 is 23.1 Å². The Morgan fingerprint density at radius 2 is 2.06 bits per heavy atom. The van der Waals surface area contributed by atoms with Crippen molar-refractivity contribution in [2.75, 3.05) is 0 Å². The summed E-state index contributed by atoms with van der Waals surface area (Å²) in [4.78, 5) is 8.79. The lowest BCUT2D eigenvalue weighted by Crippen LogP contribution is -1.96. The first-order chi connectivity index (χ1) is 7.67. The van der Waals surface area contributed by atoms with Gasteiger partial charge in [0, 0.05) is 12.1 Å². The Morgan fingerprint density at radius 3 is 2.69 bits per heavy atom. The van der Waals surface area contributed by atoms with Crippen molar-refractivity contribution in [3.05, 3.63) is 22.6 Å². The summed E-state index contributed by atoms with van der Waals surface area (Å²) in [6.07, 6.45) is 0.852. The molecule has 16 heavy (non-hydrogen) atoms. The average Bonchev–Trinajstić information content (AvgIpc) is 2.63. The van der Waals surface area contributed by atoms with Gasteiger partial charge in [0.05, 0.1) is 0 Å². The maximum absolute atomic E-state index is 4.45. The molecule has 0 aromatic carbocycles. The van der Waals surface area contributed by atoms with Crippen LogP contribution in [0.15, 0.2) is 15.4 Å². The van der Waals surface area contributed by atoms with Gasteiger partial charge in [-0.05, 0) is 31.7 Å². The summed E-state index contributed by atoms with van der Waals surface area (Å²) in [5, 5.41) is 9.97. The summed E-state index contributed by atoms with van der Waals surface area (Å²) in [5.41, 5.74) is 0.996. The summed E-state index contributed by atoms with van der Waals surface area (Å²) < 4.78 is 0.928. The van der Waals surface area contributed by atoms with Crippen LogP contribution in [-0.4, -0.2) is 20.2 Å². The van der Waals surface area contributed by atoms with Crippen molar-refractivity contribution in [1.82, 2.24) is 20.2 Å². The molecule has 0 aliphatic rings. The van der Waals surface area contributed by atoms with E-state index in [1.54, 1.807) is 23.1 Å². The molecule has 0 saturated carbocycles. The molecule has 0 amide bonds. The Kier molecular flexibility index (Phi) is 3.50. The fraction of sp³-hybridized carbons (Fsp3) is 0.400. The highest BCUT2D eigenvalue weighted by atomic mass is 32.2. The maximum atomic E-state index is 4.45. The molecule has 2 rings (SSSR count). The molecule has 84 valence electrons.